The molecule has 0 atom stereocenters. The van der Waals surface area contributed by atoms with Crippen LogP contribution in [0, 0.1) is 0 Å². The van der Waals surface area contributed by atoms with Crippen molar-refractivity contribution in [2.45, 2.75) is 26.3 Å². The fraction of sp³-hybridized carbons (Fsp3) is 0.174. The normalized spacial score (nSPS) is 11.2. The first-order chi connectivity index (χ1) is 14.0. The first-order valence-corrected chi connectivity index (χ1v) is 11.0. The maximum Gasteiger partial charge on any atom is 0.260 e. The van der Waals surface area contributed by atoms with Gasteiger partial charge in [-0.1, -0.05) is 59.3 Å². The van der Waals surface area contributed by atoms with Crippen molar-refractivity contribution in [1.82, 2.24) is 9.97 Å². The third kappa shape index (κ3) is 4.23. The lowest BCUT2D eigenvalue weighted by Gasteiger charge is -2.19. The van der Waals surface area contributed by atoms with E-state index >= 15 is 0 Å². The fourth-order valence-electron chi connectivity index (χ4n) is 3.17. The number of nitrogens with zero attached hydrogens (tertiary/aromatic N) is 3. The Morgan fingerprint density at radius 3 is 2.55 bits per heavy atom. The van der Waals surface area contributed by atoms with E-state index in [0.29, 0.717) is 23.2 Å². The Morgan fingerprint density at radius 2 is 1.86 bits per heavy atom. The van der Waals surface area contributed by atoms with Gasteiger partial charge < -0.3 is 0 Å². The molecule has 0 aliphatic rings. The Balaban J connectivity index is 1.79. The molecule has 29 heavy (non-hydrogen) atoms. The van der Waals surface area contributed by atoms with Crippen molar-refractivity contribution >= 4 is 48.5 Å². The number of aromatic nitrogens is 2. The van der Waals surface area contributed by atoms with Gasteiger partial charge in [0.25, 0.3) is 5.91 Å². The molecule has 1 amide bonds. The highest BCUT2D eigenvalue weighted by molar-refractivity contribution is 9.10. The maximum atomic E-state index is 13.4. The van der Waals surface area contributed by atoms with Crippen LogP contribution in [0.15, 0.2) is 71.3 Å². The number of thiazole rings is 1. The van der Waals surface area contributed by atoms with Gasteiger partial charge in [-0.05, 0) is 53.9 Å². The van der Waals surface area contributed by atoms with Crippen LogP contribution in [-0.4, -0.2) is 15.9 Å². The van der Waals surface area contributed by atoms with Crippen LogP contribution >= 0.6 is 27.3 Å². The average molecular weight is 466 g/mol. The van der Waals surface area contributed by atoms with Gasteiger partial charge in [0.15, 0.2) is 5.13 Å². The minimum atomic E-state index is -0.0895. The van der Waals surface area contributed by atoms with Crippen molar-refractivity contribution in [2.24, 2.45) is 0 Å². The first-order valence-electron chi connectivity index (χ1n) is 9.39. The van der Waals surface area contributed by atoms with E-state index in [2.05, 4.69) is 53.0 Å². The van der Waals surface area contributed by atoms with E-state index < -0.39 is 0 Å². The number of halogens is 1. The summed E-state index contributed by atoms with van der Waals surface area (Å²) in [7, 11) is 0. The van der Waals surface area contributed by atoms with Crippen molar-refractivity contribution in [2.75, 3.05) is 4.90 Å². The van der Waals surface area contributed by atoms with Crippen molar-refractivity contribution in [3.05, 3.63) is 88.2 Å². The summed E-state index contributed by atoms with van der Waals surface area (Å²) < 4.78 is 2.02. The molecule has 0 spiro atoms. The number of amides is 1. The van der Waals surface area contributed by atoms with Gasteiger partial charge in [0, 0.05) is 16.2 Å². The molecule has 2 heterocycles. The van der Waals surface area contributed by atoms with Crippen molar-refractivity contribution in [1.29, 1.82) is 0 Å². The fourth-order valence-corrected chi connectivity index (χ4v) is 4.43. The van der Waals surface area contributed by atoms with E-state index in [4.69, 9.17) is 4.98 Å². The monoisotopic (exact) mass is 465 g/mol. The highest BCUT2D eigenvalue weighted by Gasteiger charge is 2.23. The molecule has 4 aromatic rings. The number of fused-ring (bicyclic) bond motifs is 1. The average Bonchev–Trinajstić information content (AvgIpc) is 3.16. The predicted molar refractivity (Wildman–Crippen MR) is 123 cm³/mol. The van der Waals surface area contributed by atoms with Crippen molar-refractivity contribution in [3.8, 4) is 0 Å². The molecule has 0 saturated heterocycles. The molecule has 6 heteroatoms. The third-order valence-corrected chi connectivity index (χ3v) is 6.25. The summed E-state index contributed by atoms with van der Waals surface area (Å²) in [6.45, 7) is 4.69. The number of anilines is 1. The molecule has 4 rings (SSSR count). The molecule has 0 unspecified atom stereocenters. The van der Waals surface area contributed by atoms with Gasteiger partial charge in [-0.2, -0.15) is 0 Å². The van der Waals surface area contributed by atoms with E-state index in [1.165, 1.54) is 16.9 Å². The zero-order chi connectivity index (χ0) is 20.4. The van der Waals surface area contributed by atoms with Crippen LogP contribution in [0.2, 0.25) is 0 Å². The molecule has 0 saturated carbocycles. The molecule has 0 aliphatic carbocycles. The number of hydrogen-bond donors (Lipinski definition) is 0. The Hall–Kier alpha value is -2.57. The minimum absolute atomic E-state index is 0.0895. The SMILES string of the molecule is CC(C)c1cccc2sc(N(Cc3ccccn3)C(=O)c3ccc(Br)cc3)nc12. The molecule has 0 aliphatic heterocycles. The van der Waals surface area contributed by atoms with Gasteiger partial charge in [-0.25, -0.2) is 4.98 Å². The number of benzene rings is 2. The van der Waals surface area contributed by atoms with Gasteiger partial charge in [-0.15, -0.1) is 0 Å². The summed E-state index contributed by atoms with van der Waals surface area (Å²) in [5.74, 6) is 0.272. The predicted octanol–water partition coefficient (Wildman–Crippen LogP) is 6.42. The standard InChI is InChI=1S/C23H20BrN3OS/c1-15(2)19-7-5-8-20-21(19)26-23(29-20)27(14-18-6-3-4-13-25-18)22(28)16-9-11-17(24)12-10-16/h3-13,15H,14H2,1-2H3. The van der Waals surface area contributed by atoms with E-state index in [1.54, 1.807) is 11.1 Å². The van der Waals surface area contributed by atoms with Crippen LogP contribution in [0.4, 0.5) is 5.13 Å². The largest absolute Gasteiger partial charge is 0.278 e. The smallest absolute Gasteiger partial charge is 0.260 e. The summed E-state index contributed by atoms with van der Waals surface area (Å²) in [5.41, 5.74) is 3.60. The van der Waals surface area contributed by atoms with Gasteiger partial charge in [0.1, 0.15) is 0 Å². The molecular formula is C23H20BrN3OS. The molecule has 2 aromatic carbocycles. The molecule has 0 bridgehead atoms. The number of hydrogen-bond acceptors (Lipinski definition) is 4. The lowest BCUT2D eigenvalue weighted by Crippen LogP contribution is -2.30. The third-order valence-electron chi connectivity index (χ3n) is 4.67. The molecule has 2 aromatic heterocycles. The molecular weight excluding hydrogens is 446 g/mol. The van der Waals surface area contributed by atoms with E-state index in [0.717, 1.165) is 20.4 Å². The summed E-state index contributed by atoms with van der Waals surface area (Å²) in [6, 6.07) is 19.4. The number of rotatable bonds is 5. The van der Waals surface area contributed by atoms with Crippen molar-refractivity contribution < 1.29 is 4.79 Å². The molecule has 0 N–H and O–H groups in total. The van der Waals surface area contributed by atoms with Crippen LogP contribution in [0.5, 0.6) is 0 Å². The summed E-state index contributed by atoms with van der Waals surface area (Å²) in [5, 5.41) is 0.687. The summed E-state index contributed by atoms with van der Waals surface area (Å²) >= 11 is 4.97. The number of carbonyl (C=O) groups is 1. The molecule has 4 nitrogen and oxygen atoms in total. The highest BCUT2D eigenvalue weighted by atomic mass is 79.9. The van der Waals surface area contributed by atoms with Crippen LogP contribution in [0.3, 0.4) is 0 Å². The molecule has 146 valence electrons. The summed E-state index contributed by atoms with van der Waals surface area (Å²) in [6.07, 6.45) is 1.74. The molecule has 0 radical (unpaired) electrons. The van der Waals surface area contributed by atoms with Gasteiger partial charge in [0.05, 0.1) is 22.5 Å². The zero-order valence-electron chi connectivity index (χ0n) is 16.2. The second-order valence-electron chi connectivity index (χ2n) is 7.06. The number of pyridine rings is 1. The number of para-hydroxylation sites is 1. The second kappa shape index (κ2) is 8.43. The first kappa shape index (κ1) is 19.7. The Labute approximate surface area is 182 Å². The second-order valence-corrected chi connectivity index (χ2v) is 8.99. The van der Waals surface area contributed by atoms with Crippen LogP contribution in [-0.2, 0) is 6.54 Å². The number of carbonyl (C=O) groups excluding carboxylic acids is 1. The quantitative estimate of drug-likeness (QED) is 0.341. The van der Waals surface area contributed by atoms with E-state index in [9.17, 15) is 4.79 Å². The van der Waals surface area contributed by atoms with Gasteiger partial charge in [-0.3, -0.25) is 14.7 Å². The lowest BCUT2D eigenvalue weighted by atomic mass is 10.0. The Bertz CT molecular complexity index is 1140. The van der Waals surface area contributed by atoms with E-state index in [-0.39, 0.29) is 5.91 Å². The van der Waals surface area contributed by atoms with Gasteiger partial charge in [0.2, 0.25) is 0 Å². The Morgan fingerprint density at radius 1 is 1.07 bits per heavy atom. The molecule has 0 fully saturated rings. The van der Waals surface area contributed by atoms with E-state index in [1.807, 2.05) is 42.5 Å². The lowest BCUT2D eigenvalue weighted by molar-refractivity contribution is 0.0985. The topological polar surface area (TPSA) is 46.1 Å². The van der Waals surface area contributed by atoms with Crippen molar-refractivity contribution in [3.63, 3.8) is 0 Å². The minimum Gasteiger partial charge on any atom is -0.278 e. The highest BCUT2D eigenvalue weighted by Crippen LogP contribution is 2.34. The Kier molecular flexibility index (Phi) is 5.74. The van der Waals surface area contributed by atoms with Crippen LogP contribution in [0.1, 0.15) is 41.4 Å². The maximum absolute atomic E-state index is 13.4. The van der Waals surface area contributed by atoms with Crippen LogP contribution in [0.25, 0.3) is 10.2 Å². The summed E-state index contributed by atoms with van der Waals surface area (Å²) in [4.78, 5) is 24.4. The van der Waals surface area contributed by atoms with Crippen LogP contribution < -0.4 is 4.90 Å². The van der Waals surface area contributed by atoms with Gasteiger partial charge >= 0.3 is 0 Å². The zero-order valence-corrected chi connectivity index (χ0v) is 18.6.